The van der Waals surface area contributed by atoms with E-state index in [-0.39, 0.29) is 6.03 Å². The van der Waals surface area contributed by atoms with E-state index in [1.165, 1.54) is 0 Å². The number of urea groups is 1. The van der Waals surface area contributed by atoms with Crippen LogP contribution in [0, 0.1) is 0 Å². The summed E-state index contributed by atoms with van der Waals surface area (Å²) < 4.78 is 3.76. The van der Waals surface area contributed by atoms with Crippen molar-refractivity contribution in [2.24, 2.45) is 0 Å². The molecule has 2 aromatic carbocycles. The number of aromatic nitrogens is 2. The number of carbonyl (C=O) groups excluding carboxylic acids is 1. The molecule has 0 aliphatic heterocycles. The van der Waals surface area contributed by atoms with Gasteiger partial charge < -0.3 is 4.90 Å². The lowest BCUT2D eigenvalue weighted by molar-refractivity contribution is 0.206. The molecule has 0 saturated heterocycles. The Morgan fingerprint density at radius 3 is 2.00 bits per heavy atom. The van der Waals surface area contributed by atoms with Crippen molar-refractivity contribution in [1.29, 1.82) is 0 Å². The fourth-order valence-electron chi connectivity index (χ4n) is 2.21. The maximum Gasteiger partial charge on any atom is 0.323 e. The molecule has 0 aliphatic carbocycles. The normalized spacial score (nSPS) is 10.3. The van der Waals surface area contributed by atoms with Gasteiger partial charge in [0.2, 0.25) is 0 Å². The molecule has 0 saturated carbocycles. The van der Waals surface area contributed by atoms with Crippen molar-refractivity contribution >= 4 is 22.6 Å². The molecule has 5 nitrogen and oxygen atoms in total. The van der Waals surface area contributed by atoms with Crippen LogP contribution in [0.15, 0.2) is 66.9 Å². The fraction of sp³-hybridized carbons (Fsp3) is 0.118. The Morgan fingerprint density at radius 2 is 1.52 bits per heavy atom. The summed E-state index contributed by atoms with van der Waals surface area (Å²) in [6.45, 7) is 1.07. The highest BCUT2D eigenvalue weighted by Gasteiger charge is 2.15. The molecule has 116 valence electrons. The van der Waals surface area contributed by atoms with Gasteiger partial charge in [-0.25, -0.2) is 4.79 Å². The number of benzene rings is 2. The van der Waals surface area contributed by atoms with E-state index in [0.29, 0.717) is 18.1 Å². The van der Waals surface area contributed by atoms with Gasteiger partial charge in [-0.15, -0.1) is 5.10 Å². The minimum Gasteiger partial charge on any atom is -0.316 e. The van der Waals surface area contributed by atoms with Crippen LogP contribution in [0.5, 0.6) is 0 Å². The number of carbonyl (C=O) groups is 1. The summed E-state index contributed by atoms with van der Waals surface area (Å²) in [5.74, 6) is 0. The summed E-state index contributed by atoms with van der Waals surface area (Å²) >= 11 is 1.16. The second kappa shape index (κ2) is 7.51. The van der Waals surface area contributed by atoms with Crippen molar-refractivity contribution in [3.8, 4) is 0 Å². The van der Waals surface area contributed by atoms with Gasteiger partial charge in [-0.1, -0.05) is 65.2 Å². The van der Waals surface area contributed by atoms with Crippen LogP contribution in [0.25, 0.3) is 0 Å². The Bertz CT molecular complexity index is 690. The van der Waals surface area contributed by atoms with Crippen molar-refractivity contribution in [3.05, 3.63) is 78.0 Å². The molecule has 23 heavy (non-hydrogen) atoms. The van der Waals surface area contributed by atoms with Gasteiger partial charge in [0.25, 0.3) is 0 Å². The Hall–Kier alpha value is -2.73. The van der Waals surface area contributed by atoms with E-state index in [9.17, 15) is 4.79 Å². The highest BCUT2D eigenvalue weighted by atomic mass is 32.1. The highest BCUT2D eigenvalue weighted by Crippen LogP contribution is 2.14. The van der Waals surface area contributed by atoms with Gasteiger partial charge in [-0.2, -0.15) is 0 Å². The number of rotatable bonds is 5. The van der Waals surface area contributed by atoms with Crippen molar-refractivity contribution < 1.29 is 4.79 Å². The average Bonchev–Trinajstić information content (AvgIpc) is 3.09. The molecule has 0 aliphatic rings. The van der Waals surface area contributed by atoms with E-state index in [1.54, 1.807) is 11.1 Å². The van der Waals surface area contributed by atoms with Crippen molar-refractivity contribution in [2.45, 2.75) is 13.1 Å². The summed E-state index contributed by atoms with van der Waals surface area (Å²) in [5.41, 5.74) is 2.17. The lowest BCUT2D eigenvalue weighted by Gasteiger charge is -2.23. The van der Waals surface area contributed by atoms with Crippen molar-refractivity contribution in [1.82, 2.24) is 14.5 Å². The third-order valence-corrected chi connectivity index (χ3v) is 3.89. The number of hydrogen-bond donors (Lipinski definition) is 1. The highest BCUT2D eigenvalue weighted by molar-refractivity contribution is 7.10. The summed E-state index contributed by atoms with van der Waals surface area (Å²) in [6, 6.07) is 19.7. The third-order valence-electron chi connectivity index (χ3n) is 3.31. The van der Waals surface area contributed by atoms with E-state index in [2.05, 4.69) is 14.9 Å². The molecule has 0 fully saturated rings. The first-order valence-corrected chi connectivity index (χ1v) is 8.00. The molecule has 0 spiro atoms. The van der Waals surface area contributed by atoms with Crippen LogP contribution in [0.3, 0.4) is 0 Å². The molecular weight excluding hydrogens is 308 g/mol. The monoisotopic (exact) mass is 324 g/mol. The molecule has 3 rings (SSSR count). The van der Waals surface area contributed by atoms with Gasteiger partial charge in [0.15, 0.2) is 0 Å². The van der Waals surface area contributed by atoms with Crippen LogP contribution >= 0.6 is 11.5 Å². The Balaban J connectivity index is 1.76. The standard InChI is InChI=1S/C17H16N4OS/c22-17(19-16-11-18-20-23-16)21(12-14-7-3-1-4-8-14)13-15-9-5-2-6-10-15/h1-11H,12-13H2,(H,19,22). The molecule has 1 aromatic heterocycles. The number of nitrogens with zero attached hydrogens (tertiary/aromatic N) is 3. The van der Waals surface area contributed by atoms with E-state index >= 15 is 0 Å². The molecule has 6 heteroatoms. The van der Waals surface area contributed by atoms with E-state index in [0.717, 1.165) is 22.7 Å². The molecular formula is C17H16N4OS. The van der Waals surface area contributed by atoms with Gasteiger partial charge >= 0.3 is 6.03 Å². The first-order chi connectivity index (χ1) is 11.3. The average molecular weight is 324 g/mol. The van der Waals surface area contributed by atoms with Crippen LogP contribution < -0.4 is 5.32 Å². The second-order valence-electron chi connectivity index (χ2n) is 5.04. The predicted octanol–water partition coefficient (Wildman–Crippen LogP) is 3.77. The van der Waals surface area contributed by atoms with E-state index in [1.807, 2.05) is 60.7 Å². The zero-order valence-corrected chi connectivity index (χ0v) is 13.2. The number of nitrogens with one attached hydrogen (secondary N) is 1. The smallest absolute Gasteiger partial charge is 0.316 e. The van der Waals surface area contributed by atoms with Crippen molar-refractivity contribution in [3.63, 3.8) is 0 Å². The number of hydrogen-bond acceptors (Lipinski definition) is 4. The summed E-state index contributed by atoms with van der Waals surface area (Å²) in [4.78, 5) is 14.4. The summed E-state index contributed by atoms with van der Waals surface area (Å²) in [7, 11) is 0. The Labute approximate surface area is 138 Å². The molecule has 0 atom stereocenters. The van der Waals surface area contributed by atoms with Crippen molar-refractivity contribution in [2.75, 3.05) is 5.32 Å². The minimum atomic E-state index is -0.163. The first-order valence-electron chi connectivity index (χ1n) is 7.22. The van der Waals surface area contributed by atoms with E-state index < -0.39 is 0 Å². The molecule has 0 radical (unpaired) electrons. The molecule has 2 amide bonds. The molecule has 1 N–H and O–H groups in total. The predicted molar refractivity (Wildman–Crippen MR) is 91.1 cm³/mol. The summed E-state index contributed by atoms with van der Waals surface area (Å²) in [5, 5.41) is 7.22. The molecule has 1 heterocycles. The van der Waals surface area contributed by atoms with Crippen LogP contribution in [0.2, 0.25) is 0 Å². The van der Waals surface area contributed by atoms with Crippen LogP contribution in [-0.4, -0.2) is 20.5 Å². The third kappa shape index (κ3) is 4.37. The maximum atomic E-state index is 12.6. The fourth-order valence-corrected chi connectivity index (χ4v) is 2.62. The quantitative estimate of drug-likeness (QED) is 0.777. The van der Waals surface area contributed by atoms with Crippen LogP contribution in [0.1, 0.15) is 11.1 Å². The Kier molecular flexibility index (Phi) is 4.95. The van der Waals surface area contributed by atoms with Crippen LogP contribution in [0.4, 0.5) is 9.80 Å². The largest absolute Gasteiger partial charge is 0.323 e. The van der Waals surface area contributed by atoms with Gasteiger partial charge in [0.05, 0.1) is 6.20 Å². The molecule has 0 bridgehead atoms. The number of amides is 2. The first kappa shape index (κ1) is 15.2. The zero-order valence-electron chi connectivity index (χ0n) is 12.4. The topological polar surface area (TPSA) is 58.1 Å². The maximum absolute atomic E-state index is 12.6. The van der Waals surface area contributed by atoms with Gasteiger partial charge in [0, 0.05) is 24.6 Å². The Morgan fingerprint density at radius 1 is 0.957 bits per heavy atom. The van der Waals surface area contributed by atoms with Crippen LogP contribution in [-0.2, 0) is 13.1 Å². The van der Waals surface area contributed by atoms with E-state index in [4.69, 9.17) is 0 Å². The lowest BCUT2D eigenvalue weighted by atomic mass is 10.2. The molecule has 3 aromatic rings. The minimum absolute atomic E-state index is 0.163. The lowest BCUT2D eigenvalue weighted by Crippen LogP contribution is -2.33. The summed E-state index contributed by atoms with van der Waals surface area (Å²) in [6.07, 6.45) is 1.55. The number of anilines is 1. The van der Waals surface area contributed by atoms with Gasteiger partial charge in [-0.05, 0) is 11.1 Å². The molecule has 0 unspecified atom stereocenters. The zero-order chi connectivity index (χ0) is 15.9. The van der Waals surface area contributed by atoms with Gasteiger partial charge in [0.1, 0.15) is 5.00 Å². The second-order valence-corrected chi connectivity index (χ2v) is 5.82. The SMILES string of the molecule is O=C(Nc1cnns1)N(Cc1ccccc1)Cc1ccccc1. The van der Waals surface area contributed by atoms with Gasteiger partial charge in [-0.3, -0.25) is 5.32 Å².